The largest absolute Gasteiger partial charge is 0.464 e. The van der Waals surface area contributed by atoms with Gasteiger partial charge in [-0.15, -0.1) is 0 Å². The molecular weight excluding hydrogens is 240 g/mol. The van der Waals surface area contributed by atoms with Gasteiger partial charge in [0.05, 0.1) is 17.6 Å². The molecule has 1 aromatic heterocycles. The molecule has 0 aliphatic heterocycles. The number of nitrogen functional groups attached to an aromatic ring is 1. The third kappa shape index (κ3) is 2.27. The molecule has 0 saturated heterocycles. The Bertz CT molecular complexity index is 478. The molecule has 0 amide bonds. The van der Waals surface area contributed by atoms with E-state index in [2.05, 4.69) is 9.72 Å². The van der Waals surface area contributed by atoms with Crippen LogP contribution in [0.1, 0.15) is 22.5 Å². The molecular formula is C8H7F2N3O4. The number of methoxy groups -OCH3 is 1. The number of rotatable bonds is 3. The summed E-state index contributed by atoms with van der Waals surface area (Å²) in [6.45, 7) is 0. The van der Waals surface area contributed by atoms with E-state index in [9.17, 15) is 23.7 Å². The summed E-state index contributed by atoms with van der Waals surface area (Å²) in [4.78, 5) is 23.9. The van der Waals surface area contributed by atoms with Crippen LogP contribution in [0.4, 0.5) is 20.2 Å². The van der Waals surface area contributed by atoms with Crippen LogP contribution in [0.2, 0.25) is 0 Å². The Balaban J connectivity index is 3.50. The highest BCUT2D eigenvalue weighted by Crippen LogP contribution is 2.33. The lowest BCUT2D eigenvalue weighted by Crippen LogP contribution is -2.13. The van der Waals surface area contributed by atoms with Gasteiger partial charge in [-0.3, -0.25) is 10.1 Å². The quantitative estimate of drug-likeness (QED) is 0.489. The van der Waals surface area contributed by atoms with Crippen molar-refractivity contribution >= 4 is 17.3 Å². The number of aromatic nitrogens is 1. The minimum absolute atomic E-state index is 0.632. The van der Waals surface area contributed by atoms with Crippen LogP contribution in [0, 0.1) is 10.1 Å². The van der Waals surface area contributed by atoms with E-state index < -0.39 is 40.0 Å². The summed E-state index contributed by atoms with van der Waals surface area (Å²) in [7, 11) is 0.969. The normalized spacial score (nSPS) is 10.4. The molecule has 0 aliphatic carbocycles. The van der Waals surface area contributed by atoms with Crippen LogP contribution in [-0.4, -0.2) is 23.0 Å². The lowest BCUT2D eigenvalue weighted by atomic mass is 10.1. The summed E-state index contributed by atoms with van der Waals surface area (Å²) in [5.41, 5.74) is 1.91. The molecule has 0 atom stereocenters. The van der Waals surface area contributed by atoms with Gasteiger partial charge in [0.2, 0.25) is 0 Å². The molecule has 92 valence electrons. The van der Waals surface area contributed by atoms with E-state index in [-0.39, 0.29) is 0 Å². The van der Waals surface area contributed by atoms with E-state index in [0.29, 0.717) is 6.20 Å². The number of carbonyl (C=O) groups excluding carboxylic acids is 1. The fourth-order valence-electron chi connectivity index (χ4n) is 1.16. The molecule has 9 heteroatoms. The lowest BCUT2D eigenvalue weighted by Gasteiger charge is -2.08. The molecule has 2 N–H and O–H groups in total. The second-order valence-electron chi connectivity index (χ2n) is 2.87. The van der Waals surface area contributed by atoms with Crippen molar-refractivity contribution in [2.75, 3.05) is 12.8 Å². The lowest BCUT2D eigenvalue weighted by molar-refractivity contribution is -0.384. The third-order valence-electron chi connectivity index (χ3n) is 1.93. The number of anilines is 1. The smallest absolute Gasteiger partial charge is 0.357 e. The van der Waals surface area contributed by atoms with E-state index in [0.717, 1.165) is 7.11 Å². The molecule has 17 heavy (non-hydrogen) atoms. The first-order chi connectivity index (χ1) is 7.90. The number of pyridine rings is 1. The van der Waals surface area contributed by atoms with Crippen molar-refractivity contribution in [3.63, 3.8) is 0 Å². The van der Waals surface area contributed by atoms with Crippen LogP contribution < -0.4 is 5.73 Å². The number of esters is 1. The van der Waals surface area contributed by atoms with Gasteiger partial charge in [0, 0.05) is 0 Å². The van der Waals surface area contributed by atoms with Gasteiger partial charge >= 0.3 is 11.7 Å². The Kier molecular flexibility index (Phi) is 3.51. The topological polar surface area (TPSA) is 108 Å². The molecule has 0 spiro atoms. The van der Waals surface area contributed by atoms with E-state index in [1.807, 2.05) is 0 Å². The first-order valence-corrected chi connectivity index (χ1v) is 4.19. The maximum absolute atomic E-state index is 12.7. The van der Waals surface area contributed by atoms with Gasteiger partial charge < -0.3 is 10.5 Å². The van der Waals surface area contributed by atoms with Crippen molar-refractivity contribution in [2.24, 2.45) is 0 Å². The predicted octanol–water partition coefficient (Wildman–Crippen LogP) is 1.30. The van der Waals surface area contributed by atoms with E-state index in [1.54, 1.807) is 0 Å². The molecule has 0 aliphatic rings. The van der Waals surface area contributed by atoms with Gasteiger partial charge in [-0.2, -0.15) is 0 Å². The molecule has 1 rings (SSSR count). The van der Waals surface area contributed by atoms with Crippen LogP contribution in [0.25, 0.3) is 0 Å². The number of hydrogen-bond acceptors (Lipinski definition) is 6. The fraction of sp³-hybridized carbons (Fsp3) is 0.250. The Hall–Kier alpha value is -2.32. The van der Waals surface area contributed by atoms with Crippen LogP contribution in [0.5, 0.6) is 0 Å². The van der Waals surface area contributed by atoms with Gasteiger partial charge in [0.25, 0.3) is 6.43 Å². The number of halogens is 2. The zero-order chi connectivity index (χ0) is 13.2. The van der Waals surface area contributed by atoms with Crippen molar-refractivity contribution in [3.8, 4) is 0 Å². The summed E-state index contributed by atoms with van der Waals surface area (Å²) < 4.78 is 29.6. The molecule has 7 nitrogen and oxygen atoms in total. The fourth-order valence-corrected chi connectivity index (χ4v) is 1.16. The number of hydrogen-bond donors (Lipinski definition) is 1. The predicted molar refractivity (Wildman–Crippen MR) is 51.6 cm³/mol. The van der Waals surface area contributed by atoms with Crippen LogP contribution >= 0.6 is 0 Å². The van der Waals surface area contributed by atoms with Crippen molar-refractivity contribution < 1.29 is 23.2 Å². The third-order valence-corrected chi connectivity index (χ3v) is 1.93. The van der Waals surface area contributed by atoms with E-state index in [4.69, 9.17) is 5.73 Å². The zero-order valence-electron chi connectivity index (χ0n) is 8.52. The first kappa shape index (κ1) is 12.7. The van der Waals surface area contributed by atoms with Crippen LogP contribution in [0.15, 0.2) is 6.20 Å². The maximum Gasteiger partial charge on any atom is 0.357 e. The van der Waals surface area contributed by atoms with Crippen molar-refractivity contribution in [1.82, 2.24) is 4.98 Å². The van der Waals surface area contributed by atoms with Crippen LogP contribution in [-0.2, 0) is 4.74 Å². The highest BCUT2D eigenvalue weighted by atomic mass is 19.3. The maximum atomic E-state index is 12.7. The Morgan fingerprint density at radius 1 is 1.65 bits per heavy atom. The molecule has 0 saturated carbocycles. The standard InChI is InChI=1S/C8H7F2N3O4/c1-17-8(14)6-4(7(9)10)5(11)3(2-12-6)13(15)16/h2,7H,1H3,(H2,11,12). The molecule has 0 aromatic carbocycles. The number of nitrogens with zero attached hydrogens (tertiary/aromatic N) is 2. The number of ether oxygens (including phenoxy) is 1. The molecule has 1 aromatic rings. The Morgan fingerprint density at radius 2 is 2.24 bits per heavy atom. The summed E-state index contributed by atoms with van der Waals surface area (Å²) in [6.07, 6.45) is -2.54. The van der Waals surface area contributed by atoms with Gasteiger partial charge in [0.15, 0.2) is 5.69 Å². The second-order valence-corrected chi connectivity index (χ2v) is 2.87. The van der Waals surface area contributed by atoms with Crippen molar-refractivity contribution in [1.29, 1.82) is 0 Å². The average molecular weight is 247 g/mol. The second kappa shape index (κ2) is 4.68. The van der Waals surface area contributed by atoms with Gasteiger partial charge in [-0.25, -0.2) is 18.6 Å². The molecule has 0 unspecified atom stereocenters. The van der Waals surface area contributed by atoms with Crippen LogP contribution in [0.3, 0.4) is 0 Å². The Morgan fingerprint density at radius 3 is 2.65 bits per heavy atom. The average Bonchev–Trinajstić information content (AvgIpc) is 2.26. The summed E-state index contributed by atoms with van der Waals surface area (Å²) in [6, 6.07) is 0. The zero-order valence-corrected chi connectivity index (χ0v) is 8.52. The molecule has 0 bridgehead atoms. The van der Waals surface area contributed by atoms with E-state index >= 15 is 0 Å². The van der Waals surface area contributed by atoms with Crippen molar-refractivity contribution in [2.45, 2.75) is 6.43 Å². The number of nitrogens with two attached hydrogens (primary N) is 1. The summed E-state index contributed by atoms with van der Waals surface area (Å²) in [5.74, 6) is -1.14. The SMILES string of the molecule is COC(=O)c1ncc([N+](=O)[O-])c(N)c1C(F)F. The monoisotopic (exact) mass is 247 g/mol. The van der Waals surface area contributed by atoms with Gasteiger partial charge in [0.1, 0.15) is 11.9 Å². The van der Waals surface area contributed by atoms with Gasteiger partial charge in [-0.05, 0) is 0 Å². The number of carbonyl (C=O) groups is 1. The molecule has 1 heterocycles. The highest BCUT2D eigenvalue weighted by molar-refractivity contribution is 5.91. The molecule has 0 radical (unpaired) electrons. The highest BCUT2D eigenvalue weighted by Gasteiger charge is 2.29. The Labute approximate surface area is 93.3 Å². The number of nitro groups is 1. The first-order valence-electron chi connectivity index (χ1n) is 4.19. The van der Waals surface area contributed by atoms with E-state index in [1.165, 1.54) is 0 Å². The molecule has 0 fully saturated rings. The van der Waals surface area contributed by atoms with Gasteiger partial charge in [-0.1, -0.05) is 0 Å². The minimum Gasteiger partial charge on any atom is -0.464 e. The minimum atomic E-state index is -3.17. The summed E-state index contributed by atoms with van der Waals surface area (Å²) in [5, 5.41) is 10.5. The summed E-state index contributed by atoms with van der Waals surface area (Å²) >= 11 is 0. The number of alkyl halides is 2. The van der Waals surface area contributed by atoms with Crippen molar-refractivity contribution in [3.05, 3.63) is 27.6 Å².